The number of nitrogens with one attached hydrogen (secondary N) is 1. The van der Waals surface area contributed by atoms with Crippen molar-refractivity contribution in [2.45, 2.75) is 19.3 Å². The van der Waals surface area contributed by atoms with Gasteiger partial charge in [0.1, 0.15) is 5.84 Å². The van der Waals surface area contributed by atoms with Crippen molar-refractivity contribution in [2.24, 2.45) is 10.9 Å². The Morgan fingerprint density at radius 3 is 2.77 bits per heavy atom. The molecule has 0 rings (SSSR count). The second-order valence-electron chi connectivity index (χ2n) is 2.79. The summed E-state index contributed by atoms with van der Waals surface area (Å²) < 4.78 is 4.89. The van der Waals surface area contributed by atoms with E-state index < -0.39 is 0 Å². The molecular weight excluding hydrogens is 170 g/mol. The average molecular weight is 189 g/mol. The highest BCUT2D eigenvalue weighted by atomic mass is 16.5. The Hall–Kier alpha value is -0.810. The number of hydrogen-bond acceptors (Lipinski definition) is 4. The van der Waals surface area contributed by atoms with E-state index >= 15 is 0 Å². The standard InChI is InChI=1S/C8H19N3O2/c1-13-7-3-6-10-5-2-4-8(9)11-12/h10,12H,2-7H2,1H3,(H2,9,11). The summed E-state index contributed by atoms with van der Waals surface area (Å²) in [7, 11) is 1.69. The van der Waals surface area contributed by atoms with Crippen LogP contribution in [0.1, 0.15) is 19.3 Å². The van der Waals surface area contributed by atoms with Crippen LogP contribution < -0.4 is 11.1 Å². The Morgan fingerprint density at radius 1 is 1.46 bits per heavy atom. The molecule has 0 spiro atoms. The van der Waals surface area contributed by atoms with Gasteiger partial charge in [0.15, 0.2) is 0 Å². The number of methoxy groups -OCH3 is 1. The number of nitrogens with two attached hydrogens (primary N) is 1. The summed E-state index contributed by atoms with van der Waals surface area (Å²) in [6.07, 6.45) is 2.54. The largest absolute Gasteiger partial charge is 0.409 e. The van der Waals surface area contributed by atoms with Crippen molar-refractivity contribution in [2.75, 3.05) is 26.8 Å². The Balaban J connectivity index is 3.00. The molecule has 0 heterocycles. The molecule has 5 heteroatoms. The van der Waals surface area contributed by atoms with Crippen LogP contribution in [0.3, 0.4) is 0 Å². The lowest BCUT2D eigenvalue weighted by molar-refractivity contribution is 0.194. The normalized spacial score (nSPS) is 11.9. The third-order valence-electron chi connectivity index (χ3n) is 1.62. The first-order chi connectivity index (χ1) is 6.31. The Morgan fingerprint density at radius 2 is 2.15 bits per heavy atom. The summed E-state index contributed by atoms with van der Waals surface area (Å²) in [6.45, 7) is 2.62. The zero-order valence-electron chi connectivity index (χ0n) is 8.12. The van der Waals surface area contributed by atoms with Crippen molar-refractivity contribution < 1.29 is 9.94 Å². The molecule has 4 N–H and O–H groups in total. The minimum absolute atomic E-state index is 0.290. The highest BCUT2D eigenvalue weighted by Gasteiger charge is 1.92. The van der Waals surface area contributed by atoms with Crippen LogP contribution in [0.2, 0.25) is 0 Å². The molecule has 5 nitrogen and oxygen atoms in total. The molecule has 0 fully saturated rings. The maximum Gasteiger partial charge on any atom is 0.139 e. The van der Waals surface area contributed by atoms with Crippen molar-refractivity contribution in [1.29, 1.82) is 0 Å². The highest BCUT2D eigenvalue weighted by molar-refractivity contribution is 5.79. The lowest BCUT2D eigenvalue weighted by Gasteiger charge is -2.03. The second kappa shape index (κ2) is 9.28. The van der Waals surface area contributed by atoms with Crippen molar-refractivity contribution in [3.05, 3.63) is 0 Å². The zero-order valence-corrected chi connectivity index (χ0v) is 8.12. The van der Waals surface area contributed by atoms with Gasteiger partial charge in [0.2, 0.25) is 0 Å². The van der Waals surface area contributed by atoms with Gasteiger partial charge in [-0.15, -0.1) is 0 Å². The number of amidine groups is 1. The maximum atomic E-state index is 8.23. The lowest BCUT2D eigenvalue weighted by atomic mass is 10.3. The number of oxime groups is 1. The quantitative estimate of drug-likeness (QED) is 0.167. The molecule has 78 valence electrons. The van der Waals surface area contributed by atoms with E-state index in [4.69, 9.17) is 15.7 Å². The molecule has 0 aromatic carbocycles. The summed E-state index contributed by atoms with van der Waals surface area (Å²) in [5.74, 6) is 0.290. The van der Waals surface area contributed by atoms with Crippen LogP contribution in [0, 0.1) is 0 Å². The number of rotatable bonds is 8. The van der Waals surface area contributed by atoms with E-state index in [1.807, 2.05) is 0 Å². The summed E-state index contributed by atoms with van der Waals surface area (Å²) in [5.41, 5.74) is 5.29. The fourth-order valence-electron chi connectivity index (χ4n) is 0.911. The van der Waals surface area contributed by atoms with Crippen molar-refractivity contribution in [1.82, 2.24) is 5.32 Å². The number of nitrogens with zero attached hydrogens (tertiary/aromatic N) is 1. The lowest BCUT2D eigenvalue weighted by Crippen LogP contribution is -2.20. The topological polar surface area (TPSA) is 79.9 Å². The van der Waals surface area contributed by atoms with Gasteiger partial charge in [-0.3, -0.25) is 0 Å². The van der Waals surface area contributed by atoms with Gasteiger partial charge < -0.3 is 21.0 Å². The molecule has 0 atom stereocenters. The first-order valence-electron chi connectivity index (χ1n) is 4.47. The van der Waals surface area contributed by atoms with E-state index in [1.165, 1.54) is 0 Å². The molecule has 0 amide bonds. The monoisotopic (exact) mass is 189 g/mol. The Bertz CT molecular complexity index is 139. The molecule has 0 aromatic heterocycles. The van der Waals surface area contributed by atoms with Gasteiger partial charge in [-0.2, -0.15) is 0 Å². The van der Waals surface area contributed by atoms with Gasteiger partial charge in [0.05, 0.1) is 0 Å². The molecule has 0 bridgehead atoms. The van der Waals surface area contributed by atoms with Gasteiger partial charge in [-0.05, 0) is 25.9 Å². The van der Waals surface area contributed by atoms with E-state index in [1.54, 1.807) is 7.11 Å². The molecule has 0 aliphatic carbocycles. The van der Waals surface area contributed by atoms with Gasteiger partial charge in [-0.25, -0.2) is 0 Å². The number of ether oxygens (including phenoxy) is 1. The van der Waals surface area contributed by atoms with Crippen LogP contribution >= 0.6 is 0 Å². The van der Waals surface area contributed by atoms with E-state index in [-0.39, 0.29) is 0 Å². The zero-order chi connectivity index (χ0) is 9.94. The molecule has 0 saturated carbocycles. The highest BCUT2D eigenvalue weighted by Crippen LogP contribution is 1.86. The first-order valence-corrected chi connectivity index (χ1v) is 4.47. The minimum Gasteiger partial charge on any atom is -0.409 e. The van der Waals surface area contributed by atoms with Gasteiger partial charge in [0.25, 0.3) is 0 Å². The molecule has 0 aliphatic heterocycles. The molecule has 0 aliphatic rings. The fraction of sp³-hybridized carbons (Fsp3) is 0.875. The van der Waals surface area contributed by atoms with Gasteiger partial charge in [-0.1, -0.05) is 5.16 Å². The summed E-state index contributed by atoms with van der Waals surface area (Å²) >= 11 is 0. The summed E-state index contributed by atoms with van der Waals surface area (Å²) in [5, 5.41) is 14.3. The van der Waals surface area contributed by atoms with E-state index in [9.17, 15) is 0 Å². The van der Waals surface area contributed by atoms with E-state index in [0.717, 1.165) is 32.5 Å². The maximum absolute atomic E-state index is 8.23. The molecule has 13 heavy (non-hydrogen) atoms. The molecule has 0 saturated heterocycles. The Kier molecular flexibility index (Phi) is 8.70. The third kappa shape index (κ3) is 9.10. The summed E-state index contributed by atoms with van der Waals surface area (Å²) in [4.78, 5) is 0. The Labute approximate surface area is 78.9 Å². The van der Waals surface area contributed by atoms with Crippen LogP contribution in [0.25, 0.3) is 0 Å². The van der Waals surface area contributed by atoms with Gasteiger partial charge in [0, 0.05) is 20.1 Å². The predicted octanol–water partition coefficient (Wildman–Crippen LogP) is 0.139. The molecule has 0 radical (unpaired) electrons. The number of hydrogen-bond donors (Lipinski definition) is 3. The minimum atomic E-state index is 0.290. The van der Waals surface area contributed by atoms with E-state index in [0.29, 0.717) is 12.3 Å². The van der Waals surface area contributed by atoms with Crippen LogP contribution in [-0.4, -0.2) is 37.8 Å². The molecular formula is C8H19N3O2. The molecule has 0 aromatic rings. The van der Waals surface area contributed by atoms with Crippen LogP contribution in [0.4, 0.5) is 0 Å². The van der Waals surface area contributed by atoms with Crippen molar-refractivity contribution >= 4 is 5.84 Å². The van der Waals surface area contributed by atoms with Crippen LogP contribution in [-0.2, 0) is 4.74 Å². The SMILES string of the molecule is COCCCNCCCC(N)=NO. The average Bonchev–Trinajstić information content (AvgIpc) is 2.16. The first kappa shape index (κ1) is 12.2. The second-order valence-corrected chi connectivity index (χ2v) is 2.79. The summed E-state index contributed by atoms with van der Waals surface area (Å²) in [6, 6.07) is 0. The van der Waals surface area contributed by atoms with Crippen molar-refractivity contribution in [3.8, 4) is 0 Å². The third-order valence-corrected chi connectivity index (χ3v) is 1.62. The fourth-order valence-corrected chi connectivity index (χ4v) is 0.911. The molecule has 0 unspecified atom stereocenters. The van der Waals surface area contributed by atoms with Crippen molar-refractivity contribution in [3.63, 3.8) is 0 Å². The van der Waals surface area contributed by atoms with E-state index in [2.05, 4.69) is 10.5 Å². The predicted molar refractivity (Wildman–Crippen MR) is 52.0 cm³/mol. The van der Waals surface area contributed by atoms with Crippen LogP contribution in [0.5, 0.6) is 0 Å². The van der Waals surface area contributed by atoms with Gasteiger partial charge >= 0.3 is 0 Å². The van der Waals surface area contributed by atoms with Crippen LogP contribution in [0.15, 0.2) is 5.16 Å². The smallest absolute Gasteiger partial charge is 0.139 e.